The Bertz CT molecular complexity index is 547. The molecule has 1 heterocycles. The molecule has 0 radical (unpaired) electrons. The molecule has 2 N–H and O–H groups in total. The van der Waals surface area contributed by atoms with Crippen molar-refractivity contribution in [1.82, 2.24) is 15.1 Å². The molecule has 0 saturated carbocycles. The highest BCUT2D eigenvalue weighted by Gasteiger charge is 2.02. The van der Waals surface area contributed by atoms with Crippen molar-refractivity contribution in [2.24, 2.45) is 0 Å². The van der Waals surface area contributed by atoms with Crippen LogP contribution in [0.2, 0.25) is 0 Å². The highest BCUT2D eigenvalue weighted by Crippen LogP contribution is 2.10. The molecule has 5 heteroatoms. The molecule has 0 saturated heterocycles. The zero-order valence-electron chi connectivity index (χ0n) is 10.5. The number of aryl methyl sites for hydroxylation is 1. The van der Waals surface area contributed by atoms with Crippen LogP contribution < -0.4 is 10.6 Å². The molecule has 0 bridgehead atoms. The zero-order valence-corrected chi connectivity index (χ0v) is 11.3. The van der Waals surface area contributed by atoms with Crippen molar-refractivity contribution in [2.75, 3.05) is 12.4 Å². The smallest absolute Gasteiger partial charge is 0.171 e. The van der Waals surface area contributed by atoms with Gasteiger partial charge in [-0.15, -0.1) is 0 Å². The van der Waals surface area contributed by atoms with Gasteiger partial charge in [-0.25, -0.2) is 0 Å². The van der Waals surface area contributed by atoms with Crippen LogP contribution in [0.3, 0.4) is 0 Å². The lowest BCUT2D eigenvalue weighted by molar-refractivity contribution is 0.687. The third kappa shape index (κ3) is 3.07. The monoisotopic (exact) mass is 260 g/mol. The van der Waals surface area contributed by atoms with E-state index in [1.54, 1.807) is 7.05 Å². The van der Waals surface area contributed by atoms with E-state index in [-0.39, 0.29) is 0 Å². The highest BCUT2D eigenvalue weighted by atomic mass is 32.1. The molecule has 0 aliphatic heterocycles. The fourth-order valence-corrected chi connectivity index (χ4v) is 1.76. The maximum atomic E-state index is 5.03. The van der Waals surface area contributed by atoms with Crippen molar-refractivity contribution in [1.29, 1.82) is 0 Å². The summed E-state index contributed by atoms with van der Waals surface area (Å²) in [7, 11) is 1.78. The molecule has 1 aromatic heterocycles. The van der Waals surface area contributed by atoms with E-state index in [2.05, 4.69) is 34.8 Å². The van der Waals surface area contributed by atoms with E-state index in [0.29, 0.717) is 5.11 Å². The molecule has 94 valence electrons. The zero-order chi connectivity index (χ0) is 13.0. The summed E-state index contributed by atoms with van der Waals surface area (Å²) in [5.74, 6) is 0.753. The van der Waals surface area contributed by atoms with E-state index < -0.39 is 0 Å². The first-order chi connectivity index (χ1) is 8.69. The second-order valence-electron chi connectivity index (χ2n) is 4.03. The molecular weight excluding hydrogens is 244 g/mol. The number of thiocarbonyl (C=S) groups is 1. The van der Waals surface area contributed by atoms with Crippen LogP contribution in [0.15, 0.2) is 36.5 Å². The van der Waals surface area contributed by atoms with Crippen LogP contribution in [-0.2, 0) is 6.54 Å². The molecule has 4 nitrogen and oxygen atoms in total. The van der Waals surface area contributed by atoms with Crippen LogP contribution in [0.4, 0.5) is 5.82 Å². The van der Waals surface area contributed by atoms with Crippen LogP contribution in [0.25, 0.3) is 0 Å². The quantitative estimate of drug-likeness (QED) is 0.830. The van der Waals surface area contributed by atoms with Gasteiger partial charge in [0.15, 0.2) is 10.9 Å². The fourth-order valence-electron chi connectivity index (χ4n) is 1.66. The topological polar surface area (TPSA) is 41.9 Å². The van der Waals surface area contributed by atoms with E-state index in [1.807, 2.05) is 29.1 Å². The molecule has 2 rings (SSSR count). The SMILES string of the molecule is CNC(=S)Nc1ccn(Cc2ccccc2C)n1. The number of anilines is 1. The number of rotatable bonds is 3. The summed E-state index contributed by atoms with van der Waals surface area (Å²) in [5.41, 5.74) is 2.54. The number of hydrogen-bond donors (Lipinski definition) is 2. The van der Waals surface area contributed by atoms with Gasteiger partial charge in [0, 0.05) is 19.3 Å². The third-order valence-corrected chi connectivity index (χ3v) is 3.01. The molecule has 0 aliphatic carbocycles. The lowest BCUT2D eigenvalue weighted by atomic mass is 10.1. The van der Waals surface area contributed by atoms with Gasteiger partial charge in [-0.05, 0) is 30.3 Å². The first-order valence-electron chi connectivity index (χ1n) is 5.76. The summed E-state index contributed by atoms with van der Waals surface area (Å²) >= 11 is 5.03. The van der Waals surface area contributed by atoms with Gasteiger partial charge >= 0.3 is 0 Å². The summed E-state index contributed by atoms with van der Waals surface area (Å²) in [6, 6.07) is 10.2. The van der Waals surface area contributed by atoms with Gasteiger partial charge in [-0.2, -0.15) is 5.10 Å². The number of hydrogen-bond acceptors (Lipinski definition) is 2. The first kappa shape index (κ1) is 12.6. The molecular formula is C13H16N4S. The van der Waals surface area contributed by atoms with Crippen molar-refractivity contribution in [3.05, 3.63) is 47.7 Å². The van der Waals surface area contributed by atoms with Gasteiger partial charge in [-0.3, -0.25) is 4.68 Å². The second kappa shape index (κ2) is 5.64. The van der Waals surface area contributed by atoms with Crippen molar-refractivity contribution >= 4 is 23.1 Å². The van der Waals surface area contributed by atoms with Crippen LogP contribution in [0.1, 0.15) is 11.1 Å². The molecule has 0 spiro atoms. The Morgan fingerprint density at radius 2 is 2.11 bits per heavy atom. The van der Waals surface area contributed by atoms with Crippen LogP contribution in [0.5, 0.6) is 0 Å². The van der Waals surface area contributed by atoms with E-state index in [0.717, 1.165) is 12.4 Å². The number of nitrogens with one attached hydrogen (secondary N) is 2. The molecule has 0 atom stereocenters. The van der Waals surface area contributed by atoms with E-state index in [9.17, 15) is 0 Å². The predicted octanol–water partition coefficient (Wildman–Crippen LogP) is 2.16. The normalized spacial score (nSPS) is 10.1. The Labute approximate surface area is 112 Å². The van der Waals surface area contributed by atoms with Gasteiger partial charge in [0.1, 0.15) is 0 Å². The fraction of sp³-hybridized carbons (Fsp3) is 0.231. The lowest BCUT2D eigenvalue weighted by Gasteiger charge is -2.06. The molecule has 0 fully saturated rings. The maximum Gasteiger partial charge on any atom is 0.171 e. The van der Waals surface area contributed by atoms with Crippen molar-refractivity contribution in [3.8, 4) is 0 Å². The lowest BCUT2D eigenvalue weighted by Crippen LogP contribution is -2.24. The van der Waals surface area contributed by atoms with Gasteiger partial charge < -0.3 is 10.6 Å². The minimum Gasteiger partial charge on any atom is -0.365 e. The molecule has 0 amide bonds. The van der Waals surface area contributed by atoms with Crippen molar-refractivity contribution in [2.45, 2.75) is 13.5 Å². The van der Waals surface area contributed by atoms with Crippen LogP contribution in [0, 0.1) is 6.92 Å². The summed E-state index contributed by atoms with van der Waals surface area (Å²) in [5, 5.41) is 10.8. The number of nitrogens with zero attached hydrogens (tertiary/aromatic N) is 2. The summed E-state index contributed by atoms with van der Waals surface area (Å²) in [6.45, 7) is 2.87. The largest absolute Gasteiger partial charge is 0.365 e. The molecule has 0 aliphatic rings. The van der Waals surface area contributed by atoms with Gasteiger partial charge in [0.05, 0.1) is 6.54 Å². The minimum atomic E-state index is 0.566. The molecule has 1 aromatic carbocycles. The van der Waals surface area contributed by atoms with Gasteiger partial charge in [-0.1, -0.05) is 24.3 Å². The van der Waals surface area contributed by atoms with E-state index >= 15 is 0 Å². The average Bonchev–Trinajstić information content (AvgIpc) is 2.79. The second-order valence-corrected chi connectivity index (χ2v) is 4.44. The first-order valence-corrected chi connectivity index (χ1v) is 6.16. The standard InChI is InChI=1S/C13H16N4S/c1-10-5-3-4-6-11(10)9-17-8-7-12(16-17)15-13(18)14-2/h3-8H,9H2,1-2H3,(H2,14,15,16,18). The van der Waals surface area contributed by atoms with Crippen LogP contribution >= 0.6 is 12.2 Å². The minimum absolute atomic E-state index is 0.566. The summed E-state index contributed by atoms with van der Waals surface area (Å²) < 4.78 is 1.89. The Morgan fingerprint density at radius 3 is 2.83 bits per heavy atom. The molecule has 2 aromatic rings. The van der Waals surface area contributed by atoms with Crippen molar-refractivity contribution < 1.29 is 0 Å². The Hall–Kier alpha value is -1.88. The third-order valence-electron chi connectivity index (χ3n) is 2.70. The average molecular weight is 260 g/mol. The Morgan fingerprint density at radius 1 is 1.33 bits per heavy atom. The van der Waals surface area contributed by atoms with E-state index in [4.69, 9.17) is 12.2 Å². The Kier molecular flexibility index (Phi) is 3.94. The van der Waals surface area contributed by atoms with Crippen LogP contribution in [-0.4, -0.2) is 21.9 Å². The summed E-state index contributed by atoms with van der Waals surface area (Å²) in [4.78, 5) is 0. The summed E-state index contributed by atoms with van der Waals surface area (Å²) in [6.07, 6.45) is 1.94. The maximum absolute atomic E-state index is 5.03. The van der Waals surface area contributed by atoms with E-state index in [1.165, 1.54) is 11.1 Å². The number of benzene rings is 1. The Balaban J connectivity index is 2.07. The van der Waals surface area contributed by atoms with Gasteiger partial charge in [0.2, 0.25) is 0 Å². The molecule has 18 heavy (non-hydrogen) atoms. The predicted molar refractivity (Wildman–Crippen MR) is 77.8 cm³/mol. The number of aromatic nitrogens is 2. The molecule has 0 unspecified atom stereocenters. The van der Waals surface area contributed by atoms with Crippen molar-refractivity contribution in [3.63, 3.8) is 0 Å². The highest BCUT2D eigenvalue weighted by molar-refractivity contribution is 7.80. The van der Waals surface area contributed by atoms with Gasteiger partial charge in [0.25, 0.3) is 0 Å².